The van der Waals surface area contributed by atoms with Crippen LogP contribution >= 0.6 is 0 Å². The Morgan fingerprint density at radius 1 is 1.26 bits per heavy atom. The number of hydrogen-bond acceptors (Lipinski definition) is 3. The highest BCUT2D eigenvalue weighted by Crippen LogP contribution is 2.31. The van der Waals surface area contributed by atoms with E-state index in [4.69, 9.17) is 9.84 Å². The van der Waals surface area contributed by atoms with Crippen molar-refractivity contribution in [1.82, 2.24) is 5.32 Å². The van der Waals surface area contributed by atoms with Gasteiger partial charge in [0, 0.05) is 0 Å². The molecule has 19 heavy (non-hydrogen) atoms. The van der Waals surface area contributed by atoms with Crippen molar-refractivity contribution in [3.63, 3.8) is 0 Å². The summed E-state index contributed by atoms with van der Waals surface area (Å²) in [4.78, 5) is 22.2. The van der Waals surface area contributed by atoms with E-state index in [1.54, 1.807) is 5.32 Å². The van der Waals surface area contributed by atoms with Gasteiger partial charge in [0.05, 0.1) is 5.92 Å². The highest BCUT2D eigenvalue weighted by molar-refractivity contribution is 5.80. The van der Waals surface area contributed by atoms with Crippen LogP contribution in [-0.4, -0.2) is 35.0 Å². The fourth-order valence-corrected chi connectivity index (χ4v) is 1.43. The van der Waals surface area contributed by atoms with Gasteiger partial charge in [0.2, 0.25) is 0 Å². The molecule has 1 amide bonds. The Kier molecular flexibility index (Phi) is 5.64. The van der Waals surface area contributed by atoms with E-state index in [1.165, 1.54) is 27.7 Å². The zero-order chi connectivity index (χ0) is 15.4. The van der Waals surface area contributed by atoms with Gasteiger partial charge in [0.15, 0.2) is 0 Å². The number of aliphatic carboxylic acids is 1. The van der Waals surface area contributed by atoms with Gasteiger partial charge in [-0.05, 0) is 27.2 Å². The number of alkyl halides is 3. The second-order valence-electron chi connectivity index (χ2n) is 5.02. The second kappa shape index (κ2) is 6.12. The number of rotatable bonds is 4. The molecule has 0 radical (unpaired) electrons. The number of carbonyl (C=O) groups is 2. The number of carbonyl (C=O) groups excluding carboxylic acids is 1. The zero-order valence-corrected chi connectivity index (χ0v) is 11.2. The van der Waals surface area contributed by atoms with Crippen molar-refractivity contribution in [3.05, 3.63) is 0 Å². The predicted octanol–water partition coefficient (Wildman–Crippen LogP) is 2.55. The maximum Gasteiger partial charge on any atom is 0.408 e. The summed E-state index contributed by atoms with van der Waals surface area (Å²) in [6.45, 7) is 5.75. The topological polar surface area (TPSA) is 75.6 Å². The number of carboxylic acids is 1. The van der Waals surface area contributed by atoms with Crippen LogP contribution in [0.5, 0.6) is 0 Å². The van der Waals surface area contributed by atoms with Crippen molar-refractivity contribution >= 4 is 12.1 Å². The summed E-state index contributed by atoms with van der Waals surface area (Å²) in [5, 5.41) is 10.6. The van der Waals surface area contributed by atoms with Crippen LogP contribution in [-0.2, 0) is 9.53 Å². The van der Waals surface area contributed by atoms with Crippen LogP contribution in [0.4, 0.5) is 18.0 Å². The molecule has 0 aromatic heterocycles. The van der Waals surface area contributed by atoms with Crippen LogP contribution in [0.3, 0.4) is 0 Å². The van der Waals surface area contributed by atoms with E-state index in [1.807, 2.05) is 0 Å². The molecular weight excluding hydrogens is 267 g/mol. The number of amides is 1. The van der Waals surface area contributed by atoms with Gasteiger partial charge in [-0.25, -0.2) is 9.59 Å². The van der Waals surface area contributed by atoms with Crippen LogP contribution in [0.25, 0.3) is 0 Å². The number of carboxylic acid groups (broad SMARTS) is 1. The highest BCUT2D eigenvalue weighted by atomic mass is 19.4. The Morgan fingerprint density at radius 3 is 2.00 bits per heavy atom. The fourth-order valence-electron chi connectivity index (χ4n) is 1.43. The van der Waals surface area contributed by atoms with Crippen LogP contribution < -0.4 is 5.32 Å². The second-order valence-corrected chi connectivity index (χ2v) is 5.02. The van der Waals surface area contributed by atoms with Gasteiger partial charge in [-0.2, -0.15) is 13.2 Å². The van der Waals surface area contributed by atoms with Crippen LogP contribution in [0.15, 0.2) is 0 Å². The molecule has 0 unspecified atom stereocenters. The lowest BCUT2D eigenvalue weighted by Gasteiger charge is -2.27. The molecule has 0 aromatic rings. The highest BCUT2D eigenvalue weighted by Gasteiger charge is 2.47. The summed E-state index contributed by atoms with van der Waals surface area (Å²) in [5.41, 5.74) is -0.924. The predicted molar refractivity (Wildman–Crippen MR) is 60.6 cm³/mol. The summed E-state index contributed by atoms with van der Waals surface area (Å²) in [7, 11) is 0. The number of hydrogen-bond donors (Lipinski definition) is 2. The molecule has 5 nitrogen and oxygen atoms in total. The van der Waals surface area contributed by atoms with E-state index >= 15 is 0 Å². The summed E-state index contributed by atoms with van der Waals surface area (Å²) in [6, 6.07) is -2.07. The van der Waals surface area contributed by atoms with E-state index in [-0.39, 0.29) is 0 Å². The average molecular weight is 285 g/mol. The fraction of sp³-hybridized carbons (Fsp3) is 0.818. The van der Waals surface area contributed by atoms with Crippen LogP contribution in [0, 0.1) is 5.92 Å². The SMILES string of the molecule is CC[C@@H]([C@H](NC(=O)OC(C)(C)C)C(=O)O)C(F)(F)F. The first-order valence-electron chi connectivity index (χ1n) is 5.67. The number of halogens is 3. The van der Waals surface area contributed by atoms with Crippen molar-refractivity contribution in [2.75, 3.05) is 0 Å². The molecule has 0 spiro atoms. The largest absolute Gasteiger partial charge is 0.480 e. The molecule has 0 aliphatic rings. The molecule has 0 aliphatic heterocycles. The Bertz CT molecular complexity index is 336. The third-order valence-electron chi connectivity index (χ3n) is 2.20. The maximum absolute atomic E-state index is 12.7. The molecule has 8 heteroatoms. The first-order chi connectivity index (χ1) is 8.38. The molecule has 0 heterocycles. The molecule has 0 aromatic carbocycles. The lowest BCUT2D eigenvalue weighted by Crippen LogP contribution is -2.51. The van der Waals surface area contributed by atoms with Crippen molar-refractivity contribution < 1.29 is 32.6 Å². The smallest absolute Gasteiger partial charge is 0.408 e. The van der Waals surface area contributed by atoms with Gasteiger partial charge < -0.3 is 15.2 Å². The first-order valence-corrected chi connectivity index (χ1v) is 5.67. The number of ether oxygens (including phenoxy) is 1. The maximum atomic E-state index is 12.7. The van der Waals surface area contributed by atoms with E-state index in [2.05, 4.69) is 0 Å². The number of alkyl carbamates (subject to hydrolysis) is 1. The minimum Gasteiger partial charge on any atom is -0.480 e. The molecule has 2 N–H and O–H groups in total. The third-order valence-corrected chi connectivity index (χ3v) is 2.20. The van der Waals surface area contributed by atoms with E-state index < -0.39 is 42.2 Å². The summed E-state index contributed by atoms with van der Waals surface area (Å²) >= 11 is 0. The quantitative estimate of drug-likeness (QED) is 0.832. The molecule has 112 valence electrons. The lowest BCUT2D eigenvalue weighted by atomic mass is 9.96. The molecule has 0 saturated carbocycles. The summed E-state index contributed by atoms with van der Waals surface area (Å²) in [5.74, 6) is -3.92. The Hall–Kier alpha value is -1.47. The first kappa shape index (κ1) is 17.5. The van der Waals surface area contributed by atoms with Crippen molar-refractivity contribution in [2.45, 2.75) is 51.9 Å². The van der Waals surface area contributed by atoms with E-state index in [0.29, 0.717) is 0 Å². The Balaban J connectivity index is 4.94. The minimum atomic E-state index is -4.72. The molecular formula is C11H18F3NO4. The molecule has 0 aliphatic carbocycles. The van der Waals surface area contributed by atoms with E-state index in [0.717, 1.165) is 0 Å². The van der Waals surface area contributed by atoms with Gasteiger partial charge in [0.1, 0.15) is 11.6 Å². The van der Waals surface area contributed by atoms with Gasteiger partial charge in [-0.1, -0.05) is 6.92 Å². The Morgan fingerprint density at radius 2 is 1.74 bits per heavy atom. The normalized spacial score (nSPS) is 15.5. The average Bonchev–Trinajstić information content (AvgIpc) is 2.11. The molecule has 0 rings (SSSR count). The van der Waals surface area contributed by atoms with Gasteiger partial charge in [0.25, 0.3) is 0 Å². The standard InChI is InChI=1S/C11H18F3NO4/c1-5-6(11(12,13)14)7(8(16)17)15-9(18)19-10(2,3)4/h6-7H,5H2,1-4H3,(H,15,18)(H,16,17)/t6-,7-/m0/s1. The van der Waals surface area contributed by atoms with E-state index in [9.17, 15) is 22.8 Å². The monoisotopic (exact) mass is 285 g/mol. The van der Waals surface area contributed by atoms with Crippen molar-refractivity contribution in [3.8, 4) is 0 Å². The molecule has 0 fully saturated rings. The molecule has 0 bridgehead atoms. The Labute approximate surface area is 109 Å². The van der Waals surface area contributed by atoms with Crippen LogP contribution in [0.1, 0.15) is 34.1 Å². The molecule has 2 atom stereocenters. The summed E-state index contributed by atoms with van der Waals surface area (Å²) < 4.78 is 42.7. The van der Waals surface area contributed by atoms with Gasteiger partial charge in [-0.15, -0.1) is 0 Å². The van der Waals surface area contributed by atoms with Crippen LogP contribution in [0.2, 0.25) is 0 Å². The number of nitrogens with one attached hydrogen (secondary N) is 1. The zero-order valence-electron chi connectivity index (χ0n) is 11.2. The van der Waals surface area contributed by atoms with Gasteiger partial charge >= 0.3 is 18.2 Å². The third kappa shape index (κ3) is 6.30. The lowest BCUT2D eigenvalue weighted by molar-refractivity contribution is -0.190. The summed E-state index contributed by atoms with van der Waals surface area (Å²) in [6.07, 6.45) is -6.37. The van der Waals surface area contributed by atoms with Crippen molar-refractivity contribution in [1.29, 1.82) is 0 Å². The van der Waals surface area contributed by atoms with Crippen molar-refractivity contribution in [2.24, 2.45) is 5.92 Å². The van der Waals surface area contributed by atoms with Gasteiger partial charge in [-0.3, -0.25) is 0 Å². The molecule has 0 saturated heterocycles. The minimum absolute atomic E-state index is 0.462.